The normalized spacial score (nSPS) is 9.39. The molecule has 0 aliphatic heterocycles. The summed E-state index contributed by atoms with van der Waals surface area (Å²) in [4.78, 5) is 11.9. The van der Waals surface area contributed by atoms with Gasteiger partial charge >= 0.3 is 0 Å². The molecule has 0 aliphatic rings. The molecule has 0 fully saturated rings. The molecule has 96 valence electrons. The quantitative estimate of drug-likeness (QED) is 0.464. The number of carbonyl (C=O) groups excluding carboxylic acids is 1. The number of nitrogen functional groups attached to an aromatic ring is 1. The summed E-state index contributed by atoms with van der Waals surface area (Å²) in [6, 6.07) is 3.09. The van der Waals surface area contributed by atoms with Crippen LogP contribution in [0.2, 0.25) is 0 Å². The topological polar surface area (TPSA) is 73.6 Å². The lowest BCUT2D eigenvalue weighted by atomic mass is 10.1. The summed E-state index contributed by atoms with van der Waals surface area (Å²) in [5, 5.41) is 2.67. The van der Waals surface area contributed by atoms with E-state index < -0.39 is 0 Å². The van der Waals surface area contributed by atoms with Crippen molar-refractivity contribution >= 4 is 11.6 Å². The van der Waals surface area contributed by atoms with Crippen molar-refractivity contribution in [3.05, 3.63) is 17.7 Å². The van der Waals surface area contributed by atoms with Gasteiger partial charge in [-0.1, -0.05) is 0 Å². The molecular weight excluding hydrogens is 232 g/mol. The van der Waals surface area contributed by atoms with Crippen LogP contribution in [0.15, 0.2) is 12.1 Å². The Morgan fingerprint density at radius 1 is 1.39 bits per heavy atom. The van der Waals surface area contributed by atoms with E-state index in [1.54, 1.807) is 12.1 Å². The summed E-state index contributed by atoms with van der Waals surface area (Å²) in [7, 11) is 3.00. The van der Waals surface area contributed by atoms with Crippen LogP contribution in [0.3, 0.4) is 0 Å². The summed E-state index contributed by atoms with van der Waals surface area (Å²) in [5.41, 5.74) is 6.45. The molecule has 0 aromatic heterocycles. The number of hydrogen-bond donors (Lipinski definition) is 2. The van der Waals surface area contributed by atoms with Gasteiger partial charge in [0.1, 0.15) is 0 Å². The summed E-state index contributed by atoms with van der Waals surface area (Å²) < 4.78 is 10.2. The fraction of sp³-hybridized carbons (Fsp3) is 0.308. The van der Waals surface area contributed by atoms with E-state index in [2.05, 4.69) is 11.2 Å². The van der Waals surface area contributed by atoms with Crippen LogP contribution in [0.5, 0.6) is 11.5 Å². The number of carbonyl (C=O) groups is 1. The molecule has 0 unspecified atom stereocenters. The van der Waals surface area contributed by atoms with Crippen molar-refractivity contribution in [2.75, 3.05) is 26.5 Å². The molecular formula is C13H16N2O3. The van der Waals surface area contributed by atoms with Gasteiger partial charge in [0.05, 0.1) is 19.8 Å². The van der Waals surface area contributed by atoms with Crippen molar-refractivity contribution in [3.63, 3.8) is 0 Å². The van der Waals surface area contributed by atoms with Crippen LogP contribution in [-0.2, 0) is 0 Å². The Kier molecular flexibility index (Phi) is 4.88. The molecule has 5 heteroatoms. The summed E-state index contributed by atoms with van der Waals surface area (Å²) in [5.74, 6) is 3.09. The first-order valence-corrected chi connectivity index (χ1v) is 5.37. The van der Waals surface area contributed by atoms with Crippen LogP contribution < -0.4 is 20.5 Å². The number of benzene rings is 1. The number of terminal acetylenes is 1. The molecule has 0 bridgehead atoms. The molecule has 5 nitrogen and oxygen atoms in total. The van der Waals surface area contributed by atoms with Crippen LogP contribution in [0.25, 0.3) is 0 Å². The molecule has 1 aromatic rings. The number of anilines is 1. The van der Waals surface area contributed by atoms with E-state index in [1.807, 2.05) is 0 Å². The van der Waals surface area contributed by atoms with Crippen molar-refractivity contribution in [2.24, 2.45) is 0 Å². The van der Waals surface area contributed by atoms with Crippen molar-refractivity contribution in [1.82, 2.24) is 5.32 Å². The van der Waals surface area contributed by atoms with Gasteiger partial charge in [-0.25, -0.2) is 0 Å². The highest BCUT2D eigenvalue weighted by Crippen LogP contribution is 2.31. The lowest BCUT2D eigenvalue weighted by molar-refractivity contribution is 0.0955. The number of amides is 1. The molecule has 3 N–H and O–H groups in total. The second-order valence-corrected chi connectivity index (χ2v) is 3.50. The fourth-order valence-electron chi connectivity index (χ4n) is 1.43. The lowest BCUT2D eigenvalue weighted by Gasteiger charge is -2.12. The van der Waals surface area contributed by atoms with Crippen molar-refractivity contribution < 1.29 is 14.3 Å². The Labute approximate surface area is 106 Å². The van der Waals surface area contributed by atoms with Crippen LogP contribution in [-0.4, -0.2) is 26.7 Å². The highest BCUT2D eigenvalue weighted by molar-refractivity contribution is 6.00. The van der Waals surface area contributed by atoms with Gasteiger partial charge in [-0.2, -0.15) is 0 Å². The fourth-order valence-corrected chi connectivity index (χ4v) is 1.43. The van der Waals surface area contributed by atoms with E-state index >= 15 is 0 Å². The first kappa shape index (κ1) is 13.7. The van der Waals surface area contributed by atoms with E-state index in [0.29, 0.717) is 35.7 Å². The molecule has 1 amide bonds. The standard InChI is InChI=1S/C13H16N2O3/c1-4-5-6-15-13(16)9-7-11(17-2)12(18-3)8-10(9)14/h1,7-8H,5-6,14H2,2-3H3,(H,15,16). The number of nitrogens with one attached hydrogen (secondary N) is 1. The predicted octanol–water partition coefficient (Wildman–Crippen LogP) is 1.04. The number of ether oxygens (including phenoxy) is 2. The second-order valence-electron chi connectivity index (χ2n) is 3.50. The van der Waals surface area contributed by atoms with Gasteiger partial charge in [-0.05, 0) is 6.07 Å². The maximum absolute atomic E-state index is 11.9. The van der Waals surface area contributed by atoms with Gasteiger partial charge in [-0.3, -0.25) is 4.79 Å². The molecule has 0 heterocycles. The van der Waals surface area contributed by atoms with Gasteiger partial charge in [0.2, 0.25) is 0 Å². The minimum atomic E-state index is -0.288. The van der Waals surface area contributed by atoms with E-state index in [-0.39, 0.29) is 5.91 Å². The SMILES string of the molecule is C#CCCNC(=O)c1cc(OC)c(OC)cc1N. The third kappa shape index (κ3) is 3.08. The van der Waals surface area contributed by atoms with Gasteiger partial charge in [0, 0.05) is 24.7 Å². The average Bonchev–Trinajstić information content (AvgIpc) is 2.38. The van der Waals surface area contributed by atoms with Gasteiger partial charge in [0.25, 0.3) is 5.91 Å². The Balaban J connectivity index is 2.95. The zero-order valence-electron chi connectivity index (χ0n) is 10.4. The Morgan fingerprint density at radius 2 is 2.00 bits per heavy atom. The lowest BCUT2D eigenvalue weighted by Crippen LogP contribution is -2.25. The first-order chi connectivity index (χ1) is 8.63. The van der Waals surface area contributed by atoms with Crippen LogP contribution in [0, 0.1) is 12.3 Å². The highest BCUT2D eigenvalue weighted by Gasteiger charge is 2.14. The maximum Gasteiger partial charge on any atom is 0.253 e. The largest absolute Gasteiger partial charge is 0.493 e. The van der Waals surface area contributed by atoms with E-state index in [0.717, 1.165) is 0 Å². The summed E-state index contributed by atoms with van der Waals surface area (Å²) >= 11 is 0. The molecule has 0 spiro atoms. The molecule has 18 heavy (non-hydrogen) atoms. The zero-order valence-corrected chi connectivity index (χ0v) is 10.4. The van der Waals surface area contributed by atoms with Crippen LogP contribution >= 0.6 is 0 Å². The molecule has 1 aromatic carbocycles. The maximum atomic E-state index is 11.9. The smallest absolute Gasteiger partial charge is 0.253 e. The highest BCUT2D eigenvalue weighted by atomic mass is 16.5. The van der Waals surface area contributed by atoms with Gasteiger partial charge in [0.15, 0.2) is 11.5 Å². The number of rotatable bonds is 5. The molecule has 0 atom stereocenters. The summed E-state index contributed by atoms with van der Waals surface area (Å²) in [6.07, 6.45) is 5.58. The Morgan fingerprint density at radius 3 is 2.56 bits per heavy atom. The minimum absolute atomic E-state index is 0.288. The minimum Gasteiger partial charge on any atom is -0.493 e. The number of methoxy groups -OCH3 is 2. The third-order valence-electron chi connectivity index (χ3n) is 2.36. The van der Waals surface area contributed by atoms with Gasteiger partial charge < -0.3 is 20.5 Å². The van der Waals surface area contributed by atoms with Crippen molar-refractivity contribution in [3.8, 4) is 23.8 Å². The van der Waals surface area contributed by atoms with Crippen molar-refractivity contribution in [2.45, 2.75) is 6.42 Å². The Hall–Kier alpha value is -2.35. The number of hydrogen-bond acceptors (Lipinski definition) is 4. The number of nitrogens with two attached hydrogens (primary N) is 1. The molecule has 0 aliphatic carbocycles. The van der Waals surface area contributed by atoms with E-state index in [1.165, 1.54) is 14.2 Å². The summed E-state index contributed by atoms with van der Waals surface area (Å²) in [6.45, 7) is 0.406. The Bertz CT molecular complexity index is 478. The monoisotopic (exact) mass is 248 g/mol. The van der Waals surface area contributed by atoms with Crippen molar-refractivity contribution in [1.29, 1.82) is 0 Å². The average molecular weight is 248 g/mol. The predicted molar refractivity (Wildman–Crippen MR) is 69.7 cm³/mol. The van der Waals surface area contributed by atoms with Crippen LogP contribution in [0.1, 0.15) is 16.8 Å². The molecule has 0 radical (unpaired) electrons. The van der Waals surface area contributed by atoms with E-state index in [4.69, 9.17) is 21.6 Å². The van der Waals surface area contributed by atoms with E-state index in [9.17, 15) is 4.79 Å². The first-order valence-electron chi connectivity index (χ1n) is 5.37. The van der Waals surface area contributed by atoms with Crippen LogP contribution in [0.4, 0.5) is 5.69 Å². The molecule has 1 rings (SSSR count). The third-order valence-corrected chi connectivity index (χ3v) is 2.36. The molecule has 0 saturated carbocycles. The van der Waals surface area contributed by atoms with Gasteiger partial charge in [-0.15, -0.1) is 12.3 Å². The zero-order chi connectivity index (χ0) is 13.5. The molecule has 0 saturated heterocycles. The second kappa shape index (κ2) is 6.40.